The number of hydrogen-bond acceptors (Lipinski definition) is 4. The predicted molar refractivity (Wildman–Crippen MR) is 70.5 cm³/mol. The second kappa shape index (κ2) is 9.84. The summed E-state index contributed by atoms with van der Waals surface area (Å²) in [6.07, 6.45) is 4.65. The maximum Gasteiger partial charge on any atom is 0.394 e. The van der Waals surface area contributed by atoms with E-state index in [-0.39, 0.29) is 6.15 Å². The van der Waals surface area contributed by atoms with Crippen LogP contribution in [0.25, 0.3) is 0 Å². The highest BCUT2D eigenvalue weighted by molar-refractivity contribution is 7.79. The van der Waals surface area contributed by atoms with Crippen LogP contribution >= 0.6 is 0 Å². The van der Waals surface area contributed by atoms with E-state index < -0.39 is 10.4 Å². The second-order valence-corrected chi connectivity index (χ2v) is 4.43. The standard InChI is InChI=1S/C11H16O.H3N.H2O4S/c1-2-3-4-7-10-8-5-6-9-11(10)12;;1-5(2,3)4/h5-6,8-9,12H,2-4,7H2,1H3;1H3;(H2,1,2,3,4). The SMILES string of the molecule is CCCCCc1ccccc1O.N.O=S(=O)(O)O. The van der Waals surface area contributed by atoms with Gasteiger partial charge in [-0.15, -0.1) is 0 Å². The van der Waals surface area contributed by atoms with E-state index >= 15 is 0 Å². The molecule has 0 aliphatic rings. The normalized spacial score (nSPS) is 9.94. The van der Waals surface area contributed by atoms with Crippen LogP contribution in [-0.2, 0) is 16.8 Å². The molecule has 106 valence electrons. The molecule has 1 rings (SSSR count). The number of para-hydroxylation sites is 1. The maximum absolute atomic E-state index is 9.41. The molecular weight excluding hydrogens is 258 g/mol. The number of benzene rings is 1. The van der Waals surface area contributed by atoms with E-state index in [9.17, 15) is 5.11 Å². The minimum absolute atomic E-state index is 0. The first-order valence-corrected chi connectivity index (χ1v) is 6.71. The van der Waals surface area contributed by atoms with Gasteiger partial charge in [0.1, 0.15) is 5.75 Å². The monoisotopic (exact) mass is 279 g/mol. The van der Waals surface area contributed by atoms with Crippen molar-refractivity contribution >= 4 is 10.4 Å². The van der Waals surface area contributed by atoms with Crippen LogP contribution in [0.15, 0.2) is 24.3 Å². The van der Waals surface area contributed by atoms with Crippen molar-refractivity contribution < 1.29 is 22.6 Å². The fourth-order valence-corrected chi connectivity index (χ4v) is 1.29. The van der Waals surface area contributed by atoms with Crippen LogP contribution in [-0.4, -0.2) is 22.6 Å². The third-order valence-electron chi connectivity index (χ3n) is 2.04. The third kappa shape index (κ3) is 12.9. The van der Waals surface area contributed by atoms with Crippen LogP contribution in [0.2, 0.25) is 0 Å². The molecule has 1 aromatic carbocycles. The van der Waals surface area contributed by atoms with Gasteiger partial charge in [-0.3, -0.25) is 9.11 Å². The molecule has 0 amide bonds. The molecule has 0 aromatic heterocycles. The van der Waals surface area contributed by atoms with Crippen molar-refractivity contribution in [2.75, 3.05) is 0 Å². The van der Waals surface area contributed by atoms with Gasteiger partial charge in [-0.2, -0.15) is 8.42 Å². The van der Waals surface area contributed by atoms with Crippen LogP contribution in [0, 0.1) is 0 Å². The minimum atomic E-state index is -4.67. The summed E-state index contributed by atoms with van der Waals surface area (Å²) in [4.78, 5) is 0. The molecule has 7 heteroatoms. The zero-order valence-corrected chi connectivity index (χ0v) is 11.2. The molecule has 0 spiro atoms. The van der Waals surface area contributed by atoms with Crippen LogP contribution in [0.1, 0.15) is 31.7 Å². The zero-order valence-electron chi connectivity index (χ0n) is 10.4. The zero-order chi connectivity index (χ0) is 13.3. The summed E-state index contributed by atoms with van der Waals surface area (Å²) in [5, 5.41) is 9.41. The van der Waals surface area contributed by atoms with Gasteiger partial charge in [-0.25, -0.2) is 0 Å². The maximum atomic E-state index is 9.41. The molecule has 0 atom stereocenters. The molecule has 0 fully saturated rings. The van der Waals surface area contributed by atoms with Gasteiger partial charge in [0.15, 0.2) is 0 Å². The fourth-order valence-electron chi connectivity index (χ4n) is 1.29. The van der Waals surface area contributed by atoms with E-state index in [1.54, 1.807) is 6.07 Å². The van der Waals surface area contributed by atoms with E-state index in [1.807, 2.05) is 18.2 Å². The molecule has 6 nitrogen and oxygen atoms in total. The molecule has 0 bridgehead atoms. The molecule has 0 heterocycles. The highest BCUT2D eigenvalue weighted by Crippen LogP contribution is 2.17. The van der Waals surface area contributed by atoms with Crippen molar-refractivity contribution in [1.82, 2.24) is 6.15 Å². The molecule has 0 saturated heterocycles. The summed E-state index contributed by atoms with van der Waals surface area (Å²) in [5.41, 5.74) is 1.07. The van der Waals surface area contributed by atoms with Gasteiger partial charge in [0.25, 0.3) is 0 Å². The lowest BCUT2D eigenvalue weighted by atomic mass is 10.1. The highest BCUT2D eigenvalue weighted by Gasteiger charge is 1.97. The summed E-state index contributed by atoms with van der Waals surface area (Å²) in [6.45, 7) is 2.19. The topological polar surface area (TPSA) is 130 Å². The molecule has 0 radical (unpaired) electrons. The summed E-state index contributed by atoms with van der Waals surface area (Å²) in [7, 11) is -4.67. The number of phenolic OH excluding ortho intramolecular Hbond substituents is 1. The van der Waals surface area contributed by atoms with Gasteiger partial charge in [-0.05, 0) is 24.5 Å². The number of phenols is 1. The van der Waals surface area contributed by atoms with Crippen molar-refractivity contribution in [3.63, 3.8) is 0 Å². The van der Waals surface area contributed by atoms with Gasteiger partial charge >= 0.3 is 10.4 Å². The van der Waals surface area contributed by atoms with Crippen molar-refractivity contribution in [3.8, 4) is 5.75 Å². The Bertz CT molecular complexity index is 411. The quantitative estimate of drug-likeness (QED) is 0.495. The van der Waals surface area contributed by atoms with E-state index in [4.69, 9.17) is 17.5 Å². The van der Waals surface area contributed by atoms with Gasteiger partial charge in [0, 0.05) is 0 Å². The van der Waals surface area contributed by atoms with Gasteiger partial charge in [-0.1, -0.05) is 38.0 Å². The third-order valence-corrected chi connectivity index (χ3v) is 2.04. The van der Waals surface area contributed by atoms with Crippen molar-refractivity contribution in [3.05, 3.63) is 29.8 Å². The summed E-state index contributed by atoms with van der Waals surface area (Å²) in [6, 6.07) is 7.58. The lowest BCUT2D eigenvalue weighted by Gasteiger charge is -2.02. The molecule has 0 unspecified atom stereocenters. The van der Waals surface area contributed by atoms with Crippen LogP contribution < -0.4 is 6.15 Å². The molecule has 1 aromatic rings. The van der Waals surface area contributed by atoms with Crippen molar-refractivity contribution in [1.29, 1.82) is 0 Å². The van der Waals surface area contributed by atoms with Crippen LogP contribution in [0.4, 0.5) is 0 Å². The lowest BCUT2D eigenvalue weighted by Crippen LogP contribution is -1.89. The molecule has 6 N–H and O–H groups in total. The Morgan fingerprint density at radius 1 is 1.11 bits per heavy atom. The summed E-state index contributed by atoms with van der Waals surface area (Å²) < 4.78 is 31.6. The van der Waals surface area contributed by atoms with Crippen molar-refractivity contribution in [2.24, 2.45) is 0 Å². The Hall–Kier alpha value is -1.15. The van der Waals surface area contributed by atoms with Crippen LogP contribution in [0.3, 0.4) is 0 Å². The number of rotatable bonds is 4. The average Bonchev–Trinajstić information content (AvgIpc) is 2.19. The Kier molecular flexibility index (Phi) is 10.5. The summed E-state index contributed by atoms with van der Waals surface area (Å²) in [5.74, 6) is 0.439. The smallest absolute Gasteiger partial charge is 0.394 e. The molecular formula is C11H21NO5S. The Balaban J connectivity index is 0. The fraction of sp³-hybridized carbons (Fsp3) is 0.455. The van der Waals surface area contributed by atoms with E-state index in [1.165, 1.54) is 19.3 Å². The lowest BCUT2D eigenvalue weighted by molar-refractivity contribution is 0.381. The predicted octanol–water partition coefficient (Wildman–Crippen LogP) is 2.63. The molecule has 18 heavy (non-hydrogen) atoms. The Morgan fingerprint density at radius 3 is 2.06 bits per heavy atom. The average molecular weight is 279 g/mol. The largest absolute Gasteiger partial charge is 0.508 e. The highest BCUT2D eigenvalue weighted by atomic mass is 32.3. The number of aryl methyl sites for hydroxylation is 1. The molecule has 0 aliphatic carbocycles. The summed E-state index contributed by atoms with van der Waals surface area (Å²) >= 11 is 0. The number of aromatic hydroxyl groups is 1. The van der Waals surface area contributed by atoms with E-state index in [0.29, 0.717) is 5.75 Å². The number of hydrogen-bond donors (Lipinski definition) is 4. The first-order valence-electron chi connectivity index (χ1n) is 5.31. The van der Waals surface area contributed by atoms with Gasteiger partial charge in [0.2, 0.25) is 0 Å². The Morgan fingerprint density at radius 2 is 1.61 bits per heavy atom. The van der Waals surface area contributed by atoms with Crippen molar-refractivity contribution in [2.45, 2.75) is 32.6 Å². The molecule has 0 aliphatic heterocycles. The van der Waals surface area contributed by atoms with Crippen LogP contribution in [0.5, 0.6) is 5.75 Å². The molecule has 0 saturated carbocycles. The second-order valence-electron chi connectivity index (χ2n) is 3.53. The van der Waals surface area contributed by atoms with Gasteiger partial charge < -0.3 is 11.3 Å². The van der Waals surface area contributed by atoms with E-state index in [0.717, 1.165) is 12.0 Å². The number of unbranched alkanes of at least 4 members (excludes halogenated alkanes) is 2. The first-order chi connectivity index (χ1) is 7.84. The Labute approximate surface area is 108 Å². The van der Waals surface area contributed by atoms with E-state index in [2.05, 4.69) is 6.92 Å². The minimum Gasteiger partial charge on any atom is -0.508 e. The van der Waals surface area contributed by atoms with Gasteiger partial charge in [0.05, 0.1) is 0 Å². The first kappa shape index (κ1) is 19.2.